The summed E-state index contributed by atoms with van der Waals surface area (Å²) in [5.41, 5.74) is -1.87. The summed E-state index contributed by atoms with van der Waals surface area (Å²) in [6.07, 6.45) is -1.53. The van der Waals surface area contributed by atoms with E-state index in [0.29, 0.717) is 5.82 Å². The topological polar surface area (TPSA) is 93.9 Å². The summed E-state index contributed by atoms with van der Waals surface area (Å²) in [7, 11) is -3.78. The van der Waals surface area contributed by atoms with Crippen LogP contribution in [0.4, 0.5) is 19.0 Å². The van der Waals surface area contributed by atoms with Gasteiger partial charge < -0.3 is 5.32 Å². The number of pyridine rings is 1. The smallest absolute Gasteiger partial charge is 0.367 e. The Balaban J connectivity index is 1.95. The first-order chi connectivity index (χ1) is 14.1. The molecule has 158 valence electrons. The van der Waals surface area contributed by atoms with Crippen LogP contribution in [0.25, 0.3) is 16.6 Å². The fourth-order valence-electron chi connectivity index (χ4n) is 2.97. The van der Waals surface area contributed by atoms with Gasteiger partial charge in [0.05, 0.1) is 22.9 Å². The fraction of sp³-hybridized carbons (Fsp3) is 0.316. The first-order valence-electron chi connectivity index (χ1n) is 9.20. The highest BCUT2D eigenvalue weighted by Crippen LogP contribution is 2.31. The second-order valence-corrected chi connectivity index (χ2v) is 9.25. The zero-order valence-electron chi connectivity index (χ0n) is 15.8. The number of hydrogen-bond donors (Lipinski definition) is 1. The van der Waals surface area contributed by atoms with Gasteiger partial charge in [-0.1, -0.05) is 13.0 Å². The highest BCUT2D eigenvalue weighted by molar-refractivity contribution is 7.91. The average Bonchev–Trinajstić information content (AvgIpc) is 3.51. The number of hydrogen-bond acceptors (Lipinski definition) is 6. The standard InChI is InChI=1S/C19H17F3N4O3S/c1-2-30(28,29)15-7-8-16(24-13-5-6-13)25-17(15)26-18(27)14-9-12(19(20,21)22)4-3-11(14)10-23-26/h3-4,7-10,13H,2,5-6H2,1H3,(H,24,25). The van der Waals surface area contributed by atoms with Gasteiger partial charge in [0, 0.05) is 11.4 Å². The number of nitrogens with zero attached hydrogens (tertiary/aromatic N) is 3. The van der Waals surface area contributed by atoms with Crippen molar-refractivity contribution in [2.45, 2.75) is 36.9 Å². The summed E-state index contributed by atoms with van der Waals surface area (Å²) >= 11 is 0. The van der Waals surface area contributed by atoms with Crippen LogP contribution in [0.1, 0.15) is 25.3 Å². The molecule has 0 atom stereocenters. The first kappa shape index (κ1) is 20.3. The van der Waals surface area contributed by atoms with Gasteiger partial charge in [-0.15, -0.1) is 0 Å². The van der Waals surface area contributed by atoms with E-state index in [-0.39, 0.29) is 33.3 Å². The monoisotopic (exact) mass is 438 g/mol. The average molecular weight is 438 g/mol. The third kappa shape index (κ3) is 3.76. The fourth-order valence-corrected chi connectivity index (χ4v) is 3.97. The molecular weight excluding hydrogens is 421 g/mol. The molecule has 0 saturated heterocycles. The number of sulfone groups is 1. The largest absolute Gasteiger partial charge is 0.416 e. The molecule has 1 fully saturated rings. The van der Waals surface area contributed by atoms with Gasteiger partial charge >= 0.3 is 6.18 Å². The molecule has 4 rings (SSSR count). The summed E-state index contributed by atoms with van der Waals surface area (Å²) in [6, 6.07) is 5.79. The Morgan fingerprint density at radius 1 is 1.20 bits per heavy atom. The van der Waals surface area contributed by atoms with Crippen molar-refractivity contribution in [1.29, 1.82) is 0 Å². The molecule has 1 N–H and O–H groups in total. The molecule has 0 bridgehead atoms. The summed E-state index contributed by atoms with van der Waals surface area (Å²) in [5.74, 6) is -0.121. The lowest BCUT2D eigenvalue weighted by molar-refractivity contribution is -0.137. The maximum Gasteiger partial charge on any atom is 0.416 e. The highest BCUT2D eigenvalue weighted by atomic mass is 32.2. The predicted molar refractivity (Wildman–Crippen MR) is 105 cm³/mol. The number of fused-ring (bicyclic) bond motifs is 1. The van der Waals surface area contributed by atoms with Crippen molar-refractivity contribution in [3.8, 4) is 5.82 Å². The molecule has 0 spiro atoms. The Bertz CT molecular complexity index is 1300. The van der Waals surface area contributed by atoms with Crippen LogP contribution in [0.3, 0.4) is 0 Å². The Hall–Kier alpha value is -2.95. The van der Waals surface area contributed by atoms with Crippen LogP contribution >= 0.6 is 0 Å². The van der Waals surface area contributed by atoms with Crippen LogP contribution in [0.2, 0.25) is 0 Å². The minimum Gasteiger partial charge on any atom is -0.367 e. The summed E-state index contributed by atoms with van der Waals surface area (Å²) in [6.45, 7) is 1.45. The maximum atomic E-state index is 13.1. The van der Waals surface area contributed by atoms with Gasteiger partial charge in [-0.2, -0.15) is 23.0 Å². The summed E-state index contributed by atoms with van der Waals surface area (Å²) < 4.78 is 65.1. The zero-order valence-corrected chi connectivity index (χ0v) is 16.6. The van der Waals surface area contributed by atoms with E-state index in [1.54, 1.807) is 0 Å². The molecule has 0 unspecified atom stereocenters. The van der Waals surface area contributed by atoms with E-state index in [2.05, 4.69) is 15.4 Å². The highest BCUT2D eigenvalue weighted by Gasteiger charge is 2.31. The number of nitrogens with one attached hydrogen (secondary N) is 1. The lowest BCUT2D eigenvalue weighted by atomic mass is 10.1. The predicted octanol–water partition coefficient (Wildman–Crippen LogP) is 3.17. The Labute approximate surface area is 169 Å². The number of rotatable bonds is 5. The molecule has 7 nitrogen and oxygen atoms in total. The van der Waals surface area contributed by atoms with Crippen molar-refractivity contribution in [3.63, 3.8) is 0 Å². The quantitative estimate of drug-likeness (QED) is 0.658. The maximum absolute atomic E-state index is 13.1. The molecule has 3 aromatic rings. The summed E-state index contributed by atoms with van der Waals surface area (Å²) in [5, 5.41) is 7.06. The lowest BCUT2D eigenvalue weighted by Crippen LogP contribution is -2.25. The Morgan fingerprint density at radius 2 is 1.93 bits per heavy atom. The normalized spacial score (nSPS) is 14.8. The van der Waals surface area contributed by atoms with Crippen LogP contribution < -0.4 is 10.9 Å². The van der Waals surface area contributed by atoms with Gasteiger partial charge in [-0.05, 0) is 37.1 Å². The van der Waals surface area contributed by atoms with Crippen LogP contribution in [0, 0.1) is 0 Å². The zero-order chi connectivity index (χ0) is 21.7. The van der Waals surface area contributed by atoms with E-state index in [9.17, 15) is 26.4 Å². The third-order valence-electron chi connectivity index (χ3n) is 4.80. The lowest BCUT2D eigenvalue weighted by Gasteiger charge is -2.13. The van der Waals surface area contributed by atoms with Crippen molar-refractivity contribution >= 4 is 26.4 Å². The van der Waals surface area contributed by atoms with Gasteiger partial charge in [0.2, 0.25) is 0 Å². The van der Waals surface area contributed by atoms with Crippen molar-refractivity contribution in [2.24, 2.45) is 0 Å². The van der Waals surface area contributed by atoms with E-state index in [4.69, 9.17) is 0 Å². The number of anilines is 1. The second kappa shape index (κ2) is 7.08. The molecule has 1 aromatic carbocycles. The van der Waals surface area contributed by atoms with E-state index in [1.165, 1.54) is 25.3 Å². The molecule has 0 radical (unpaired) electrons. The molecule has 30 heavy (non-hydrogen) atoms. The van der Waals surface area contributed by atoms with Gasteiger partial charge in [0.25, 0.3) is 5.56 Å². The Kier molecular flexibility index (Phi) is 4.80. The molecular formula is C19H17F3N4O3S. The van der Waals surface area contributed by atoms with E-state index < -0.39 is 27.1 Å². The van der Waals surface area contributed by atoms with Gasteiger partial charge in [-0.3, -0.25) is 4.79 Å². The molecule has 2 heterocycles. The minimum absolute atomic E-state index is 0.205. The van der Waals surface area contributed by atoms with Gasteiger partial charge in [0.15, 0.2) is 15.7 Å². The molecule has 11 heteroatoms. The molecule has 1 aliphatic carbocycles. The molecule has 0 amide bonds. The molecule has 1 aliphatic rings. The SMILES string of the molecule is CCS(=O)(=O)c1ccc(NC2CC2)nc1-n1ncc2ccc(C(F)(F)F)cc2c1=O. The van der Waals surface area contributed by atoms with Crippen molar-refractivity contribution < 1.29 is 21.6 Å². The van der Waals surface area contributed by atoms with Crippen LogP contribution in [-0.4, -0.2) is 35.0 Å². The first-order valence-corrected chi connectivity index (χ1v) is 10.9. The molecule has 1 saturated carbocycles. The van der Waals surface area contributed by atoms with Gasteiger partial charge in [-0.25, -0.2) is 13.4 Å². The van der Waals surface area contributed by atoms with Crippen molar-refractivity contribution in [3.05, 3.63) is 52.4 Å². The van der Waals surface area contributed by atoms with E-state index in [0.717, 1.165) is 35.7 Å². The van der Waals surface area contributed by atoms with Gasteiger partial charge in [0.1, 0.15) is 10.7 Å². The second-order valence-electron chi connectivity index (χ2n) is 7.00. The van der Waals surface area contributed by atoms with E-state index >= 15 is 0 Å². The number of benzene rings is 1. The Morgan fingerprint density at radius 3 is 2.57 bits per heavy atom. The molecule has 0 aliphatic heterocycles. The minimum atomic E-state index is -4.63. The van der Waals surface area contributed by atoms with Crippen LogP contribution in [-0.2, 0) is 16.0 Å². The number of halogens is 3. The number of alkyl halides is 3. The van der Waals surface area contributed by atoms with E-state index in [1.807, 2.05) is 0 Å². The van der Waals surface area contributed by atoms with Crippen LogP contribution in [0.15, 0.2) is 46.2 Å². The third-order valence-corrected chi connectivity index (χ3v) is 6.55. The van der Waals surface area contributed by atoms with Crippen molar-refractivity contribution in [1.82, 2.24) is 14.8 Å². The number of aromatic nitrogens is 3. The molecule has 2 aromatic heterocycles. The van der Waals surface area contributed by atoms with Crippen LogP contribution in [0.5, 0.6) is 0 Å². The van der Waals surface area contributed by atoms with Crippen molar-refractivity contribution in [2.75, 3.05) is 11.1 Å². The summed E-state index contributed by atoms with van der Waals surface area (Å²) in [4.78, 5) is 17.0.